The van der Waals surface area contributed by atoms with Crippen LogP contribution in [-0.4, -0.2) is 23.6 Å². The summed E-state index contributed by atoms with van der Waals surface area (Å²) in [6.07, 6.45) is -3.31. The minimum absolute atomic E-state index is 0.0667. The predicted molar refractivity (Wildman–Crippen MR) is 137 cm³/mol. The van der Waals surface area contributed by atoms with Gasteiger partial charge in [-0.25, -0.2) is 13.8 Å². The van der Waals surface area contributed by atoms with Crippen molar-refractivity contribution in [2.24, 2.45) is 0 Å². The van der Waals surface area contributed by atoms with Crippen LogP contribution in [0.25, 0.3) is 0 Å². The fraction of sp³-hybridized carbons (Fsp3) is 0.167. The average Bonchev–Trinajstić information content (AvgIpc) is 3.41. The first kappa shape index (κ1) is 27.9. The number of ether oxygens (including phenoxy) is 3. The van der Waals surface area contributed by atoms with Crippen LogP contribution in [0, 0.1) is 11.6 Å². The number of hydrogen-bond acceptors (Lipinski definition) is 8. The van der Waals surface area contributed by atoms with Gasteiger partial charge in [-0.15, -0.1) is 0 Å². The first-order chi connectivity index (χ1) is 18.1. The summed E-state index contributed by atoms with van der Waals surface area (Å²) < 4.78 is 91.0. The van der Waals surface area contributed by atoms with E-state index in [9.17, 15) is 17.6 Å². The van der Waals surface area contributed by atoms with Crippen LogP contribution < -0.4 is 18.5 Å². The third-order valence-electron chi connectivity index (χ3n) is 4.99. The summed E-state index contributed by atoms with van der Waals surface area (Å²) in [5, 5.41) is 0.418. The minimum atomic E-state index is -4.65. The molecular formula is C24H17BrF5N3O3S2. The number of halogens is 6. The highest BCUT2D eigenvalue weighted by atomic mass is 79.9. The van der Waals surface area contributed by atoms with E-state index >= 15 is 4.39 Å². The smallest absolute Gasteiger partial charge is 0.416 e. The molecule has 6 nitrogen and oxygen atoms in total. The largest absolute Gasteiger partial charge is 0.497 e. The zero-order valence-electron chi connectivity index (χ0n) is 19.6. The molecule has 0 bridgehead atoms. The zero-order valence-corrected chi connectivity index (χ0v) is 22.8. The van der Waals surface area contributed by atoms with Crippen LogP contribution in [0.2, 0.25) is 0 Å². The Hall–Kier alpha value is -3.10. The Morgan fingerprint density at radius 2 is 1.74 bits per heavy atom. The highest BCUT2D eigenvalue weighted by Crippen LogP contribution is 2.39. The Kier molecular flexibility index (Phi) is 8.63. The van der Waals surface area contributed by atoms with Crippen molar-refractivity contribution < 1.29 is 36.2 Å². The first-order valence-electron chi connectivity index (χ1n) is 10.5. The summed E-state index contributed by atoms with van der Waals surface area (Å²) in [4.78, 5) is 4.06. The summed E-state index contributed by atoms with van der Waals surface area (Å²) in [5.74, 6) is -1.61. The molecule has 0 fully saturated rings. The Labute approximate surface area is 230 Å². The van der Waals surface area contributed by atoms with Gasteiger partial charge in [0.25, 0.3) is 0 Å². The summed E-state index contributed by atoms with van der Waals surface area (Å²) in [5.41, 5.74) is -0.288. The van der Waals surface area contributed by atoms with Crippen LogP contribution in [-0.2, 0) is 12.7 Å². The quantitative estimate of drug-likeness (QED) is 0.136. The van der Waals surface area contributed by atoms with Gasteiger partial charge < -0.3 is 14.2 Å². The number of hydrogen-bond donors (Lipinski definition) is 0. The van der Waals surface area contributed by atoms with E-state index in [0.717, 1.165) is 41.7 Å². The van der Waals surface area contributed by atoms with Crippen molar-refractivity contribution in [2.75, 3.05) is 18.5 Å². The maximum atomic E-state index is 15.1. The Morgan fingerprint density at radius 3 is 2.39 bits per heavy atom. The molecule has 0 amide bonds. The van der Waals surface area contributed by atoms with Gasteiger partial charge in [-0.05, 0) is 48.3 Å². The summed E-state index contributed by atoms with van der Waals surface area (Å²) in [6.45, 7) is 0.185. The fourth-order valence-corrected chi connectivity index (χ4v) is 5.23. The van der Waals surface area contributed by atoms with E-state index < -0.39 is 29.1 Å². The molecule has 0 aliphatic carbocycles. The standard InChI is InChI=1S/C24H17BrF5N3O3S2/c1-34-16-4-3-13(20(8-16)35-2)11-33(23-31-12-32-37-23)38-22-10-18(26)21(9-19(22)27)36-17-6-14(24(28,29)30)5-15(25)7-17/h3-10,12H,11H2,1-2H3. The van der Waals surface area contributed by atoms with Gasteiger partial charge in [-0.3, -0.25) is 4.31 Å². The number of aromatic nitrogens is 2. The molecule has 200 valence electrons. The zero-order chi connectivity index (χ0) is 27.4. The van der Waals surface area contributed by atoms with Crippen LogP contribution >= 0.6 is 39.4 Å². The predicted octanol–water partition coefficient (Wildman–Crippen LogP) is 8.12. The lowest BCUT2D eigenvalue weighted by Gasteiger charge is -2.22. The van der Waals surface area contributed by atoms with Crippen LogP contribution in [0.1, 0.15) is 11.1 Å². The third kappa shape index (κ3) is 6.66. The molecule has 0 N–H and O–H groups in total. The van der Waals surface area contributed by atoms with E-state index in [2.05, 4.69) is 25.3 Å². The van der Waals surface area contributed by atoms with Crippen LogP contribution in [0.3, 0.4) is 0 Å². The molecule has 38 heavy (non-hydrogen) atoms. The molecule has 3 aromatic carbocycles. The first-order valence-corrected chi connectivity index (χ1v) is 12.9. The second-order valence-corrected chi connectivity index (χ2v) is 10.3. The highest BCUT2D eigenvalue weighted by Gasteiger charge is 2.31. The lowest BCUT2D eigenvalue weighted by Crippen LogP contribution is -2.15. The molecule has 4 aromatic rings. The van der Waals surface area contributed by atoms with Gasteiger partial charge in [0.15, 0.2) is 11.6 Å². The number of alkyl halides is 3. The molecule has 14 heteroatoms. The SMILES string of the molecule is COc1ccc(CN(Sc2cc(F)c(Oc3cc(Br)cc(C(F)(F)F)c3)cc2F)c2ncns2)c(OC)c1. The molecule has 0 aliphatic rings. The highest BCUT2D eigenvalue weighted by molar-refractivity contribution is 9.10. The van der Waals surface area contributed by atoms with Crippen LogP contribution in [0.5, 0.6) is 23.0 Å². The number of methoxy groups -OCH3 is 2. The van der Waals surface area contributed by atoms with Gasteiger partial charge in [-0.2, -0.15) is 17.5 Å². The Morgan fingerprint density at radius 1 is 0.947 bits per heavy atom. The monoisotopic (exact) mass is 633 g/mol. The van der Waals surface area contributed by atoms with E-state index in [1.165, 1.54) is 26.6 Å². The maximum absolute atomic E-state index is 15.1. The topological polar surface area (TPSA) is 56.7 Å². The van der Waals surface area contributed by atoms with Gasteiger partial charge in [0, 0.05) is 33.7 Å². The van der Waals surface area contributed by atoms with Gasteiger partial charge in [0.1, 0.15) is 29.4 Å². The molecule has 1 aromatic heterocycles. The normalized spacial score (nSPS) is 11.4. The van der Waals surface area contributed by atoms with Crippen molar-refractivity contribution in [3.8, 4) is 23.0 Å². The van der Waals surface area contributed by atoms with E-state index in [1.54, 1.807) is 22.5 Å². The van der Waals surface area contributed by atoms with Gasteiger partial charge in [0.05, 0.1) is 31.2 Å². The summed E-state index contributed by atoms with van der Waals surface area (Å²) in [7, 11) is 3.02. The Bertz CT molecular complexity index is 1420. The average molecular weight is 634 g/mol. The molecule has 0 unspecified atom stereocenters. The molecular weight excluding hydrogens is 617 g/mol. The third-order valence-corrected chi connectivity index (χ3v) is 7.29. The molecule has 0 radical (unpaired) electrons. The molecule has 0 saturated carbocycles. The van der Waals surface area contributed by atoms with E-state index in [-0.39, 0.29) is 21.7 Å². The number of anilines is 1. The van der Waals surface area contributed by atoms with E-state index in [4.69, 9.17) is 14.2 Å². The van der Waals surface area contributed by atoms with Gasteiger partial charge >= 0.3 is 6.18 Å². The van der Waals surface area contributed by atoms with Crippen molar-refractivity contribution in [1.29, 1.82) is 0 Å². The van der Waals surface area contributed by atoms with Crippen molar-refractivity contribution in [2.45, 2.75) is 17.6 Å². The van der Waals surface area contributed by atoms with Crippen molar-refractivity contribution in [1.82, 2.24) is 9.36 Å². The van der Waals surface area contributed by atoms with E-state index in [1.807, 2.05) is 0 Å². The van der Waals surface area contributed by atoms with Crippen LogP contribution in [0.4, 0.5) is 27.1 Å². The molecule has 0 saturated heterocycles. The number of nitrogens with zero attached hydrogens (tertiary/aromatic N) is 3. The number of benzene rings is 3. The molecule has 1 heterocycles. The van der Waals surface area contributed by atoms with E-state index in [0.29, 0.717) is 28.3 Å². The van der Waals surface area contributed by atoms with Gasteiger partial charge in [-0.1, -0.05) is 15.9 Å². The lowest BCUT2D eigenvalue weighted by atomic mass is 10.2. The summed E-state index contributed by atoms with van der Waals surface area (Å²) in [6, 6.07) is 9.64. The molecule has 0 aliphatic heterocycles. The van der Waals surface area contributed by atoms with Crippen molar-refractivity contribution >= 4 is 44.5 Å². The molecule has 0 atom stereocenters. The molecule has 4 rings (SSSR count). The maximum Gasteiger partial charge on any atom is 0.416 e. The summed E-state index contributed by atoms with van der Waals surface area (Å²) >= 11 is 4.89. The second-order valence-electron chi connectivity index (χ2n) is 7.52. The minimum Gasteiger partial charge on any atom is -0.497 e. The van der Waals surface area contributed by atoms with Crippen molar-refractivity contribution in [3.63, 3.8) is 0 Å². The van der Waals surface area contributed by atoms with Crippen molar-refractivity contribution in [3.05, 3.63) is 82.1 Å². The number of rotatable bonds is 9. The van der Waals surface area contributed by atoms with Gasteiger partial charge in [0.2, 0.25) is 5.13 Å². The molecule has 0 spiro atoms. The fourth-order valence-electron chi connectivity index (χ4n) is 3.24. The second kappa shape index (κ2) is 11.7. The lowest BCUT2D eigenvalue weighted by molar-refractivity contribution is -0.137. The van der Waals surface area contributed by atoms with Crippen LogP contribution in [0.15, 0.2) is 64.2 Å². The Balaban J connectivity index is 1.61.